The van der Waals surface area contributed by atoms with Gasteiger partial charge < -0.3 is 11.1 Å². The van der Waals surface area contributed by atoms with Gasteiger partial charge in [0.15, 0.2) is 5.78 Å². The van der Waals surface area contributed by atoms with Crippen molar-refractivity contribution in [2.24, 2.45) is 5.41 Å². The summed E-state index contributed by atoms with van der Waals surface area (Å²) in [6.07, 6.45) is 4.29. The Morgan fingerprint density at radius 1 is 1.50 bits per heavy atom. The van der Waals surface area contributed by atoms with E-state index in [0.717, 1.165) is 37.9 Å². The molecule has 98 valence electrons. The first-order valence-electron chi connectivity index (χ1n) is 6.57. The molecule has 0 spiro atoms. The summed E-state index contributed by atoms with van der Waals surface area (Å²) in [6.45, 7) is 5.82. The van der Waals surface area contributed by atoms with E-state index in [1.54, 1.807) is 6.20 Å². The first kappa shape index (κ1) is 13.0. The molecule has 2 heterocycles. The summed E-state index contributed by atoms with van der Waals surface area (Å²) in [5, 5.41) is 3.31. The van der Waals surface area contributed by atoms with Gasteiger partial charge >= 0.3 is 0 Å². The molecular formula is C14H21N3O. The number of nitrogens with zero attached hydrogens (tertiary/aromatic N) is 1. The lowest BCUT2D eigenvalue weighted by molar-refractivity contribution is 0.0717. The monoisotopic (exact) mass is 247 g/mol. The third-order valence-corrected chi connectivity index (χ3v) is 4.13. The van der Waals surface area contributed by atoms with E-state index in [0.29, 0.717) is 11.4 Å². The molecule has 4 heteroatoms. The summed E-state index contributed by atoms with van der Waals surface area (Å²) in [5.41, 5.74) is 7.19. The van der Waals surface area contributed by atoms with Crippen LogP contribution in [-0.2, 0) is 0 Å². The number of rotatable bonds is 3. The number of carbonyl (C=O) groups is 1. The van der Waals surface area contributed by atoms with Crippen LogP contribution in [0.15, 0.2) is 12.3 Å². The Morgan fingerprint density at radius 2 is 2.17 bits per heavy atom. The summed E-state index contributed by atoms with van der Waals surface area (Å²) in [5.74, 6) is 0.543. The lowest BCUT2D eigenvalue weighted by Crippen LogP contribution is -2.42. The number of ketones is 1. The molecule has 1 aromatic heterocycles. The highest BCUT2D eigenvalue weighted by Crippen LogP contribution is 2.37. The van der Waals surface area contributed by atoms with Crippen LogP contribution in [0, 0.1) is 12.3 Å². The number of nitrogens with two attached hydrogens (primary N) is 1. The minimum absolute atomic E-state index is 0.176. The molecule has 1 aliphatic rings. The Morgan fingerprint density at radius 3 is 2.72 bits per heavy atom. The second-order valence-electron chi connectivity index (χ2n) is 5.10. The second-order valence-corrected chi connectivity index (χ2v) is 5.10. The Hall–Kier alpha value is -1.42. The molecule has 2 rings (SSSR count). The van der Waals surface area contributed by atoms with Gasteiger partial charge in [0, 0.05) is 11.6 Å². The van der Waals surface area contributed by atoms with Crippen LogP contribution in [-0.4, -0.2) is 23.9 Å². The number of pyridine rings is 1. The van der Waals surface area contributed by atoms with E-state index in [1.165, 1.54) is 0 Å². The zero-order valence-corrected chi connectivity index (χ0v) is 11.1. The highest BCUT2D eigenvalue weighted by Gasteiger charge is 2.39. The van der Waals surface area contributed by atoms with E-state index in [2.05, 4.69) is 17.2 Å². The molecule has 0 aliphatic carbocycles. The summed E-state index contributed by atoms with van der Waals surface area (Å²) < 4.78 is 0. The summed E-state index contributed by atoms with van der Waals surface area (Å²) in [7, 11) is 0. The van der Waals surface area contributed by atoms with Gasteiger partial charge in [0.1, 0.15) is 5.82 Å². The van der Waals surface area contributed by atoms with Gasteiger partial charge in [-0.25, -0.2) is 4.98 Å². The number of aryl methyl sites for hydroxylation is 1. The molecule has 0 saturated carbocycles. The Balaban J connectivity index is 2.40. The molecule has 3 N–H and O–H groups in total. The van der Waals surface area contributed by atoms with E-state index < -0.39 is 0 Å². The van der Waals surface area contributed by atoms with Gasteiger partial charge in [-0.2, -0.15) is 0 Å². The Labute approximate surface area is 108 Å². The molecule has 0 radical (unpaired) electrons. The van der Waals surface area contributed by atoms with Gasteiger partial charge in [-0.3, -0.25) is 4.79 Å². The van der Waals surface area contributed by atoms with E-state index in [-0.39, 0.29) is 11.2 Å². The molecule has 0 amide bonds. The SMILES string of the molecule is CCC1(C(=O)c2c(C)ccnc2N)CCNCC1. The average Bonchev–Trinajstić information content (AvgIpc) is 2.39. The van der Waals surface area contributed by atoms with Crippen LogP contribution >= 0.6 is 0 Å². The van der Waals surface area contributed by atoms with Gasteiger partial charge in [-0.15, -0.1) is 0 Å². The first-order valence-corrected chi connectivity index (χ1v) is 6.57. The number of hydrogen-bond acceptors (Lipinski definition) is 4. The van der Waals surface area contributed by atoms with Crippen molar-refractivity contribution in [2.75, 3.05) is 18.8 Å². The quantitative estimate of drug-likeness (QED) is 0.801. The van der Waals surface area contributed by atoms with Gasteiger partial charge in [0.2, 0.25) is 0 Å². The number of hydrogen-bond donors (Lipinski definition) is 2. The minimum atomic E-state index is -0.257. The van der Waals surface area contributed by atoms with Gasteiger partial charge in [0.05, 0.1) is 5.56 Å². The Kier molecular flexibility index (Phi) is 3.66. The third kappa shape index (κ3) is 2.12. The average molecular weight is 247 g/mol. The van der Waals surface area contributed by atoms with Gasteiger partial charge in [0.25, 0.3) is 0 Å². The number of aromatic nitrogens is 1. The maximum absolute atomic E-state index is 12.8. The molecule has 1 saturated heterocycles. The molecule has 1 fully saturated rings. The molecule has 0 atom stereocenters. The lowest BCUT2D eigenvalue weighted by atomic mass is 9.71. The van der Waals surface area contributed by atoms with Crippen LogP contribution in [0.4, 0.5) is 5.82 Å². The molecule has 18 heavy (non-hydrogen) atoms. The van der Waals surface area contributed by atoms with Gasteiger partial charge in [-0.1, -0.05) is 6.92 Å². The molecule has 1 aromatic rings. The van der Waals surface area contributed by atoms with Crippen molar-refractivity contribution < 1.29 is 4.79 Å². The smallest absolute Gasteiger partial charge is 0.173 e. The zero-order chi connectivity index (χ0) is 13.2. The number of anilines is 1. The van der Waals surface area contributed by atoms with Crippen LogP contribution in [0.25, 0.3) is 0 Å². The molecule has 0 unspecified atom stereocenters. The fourth-order valence-corrected chi connectivity index (χ4v) is 2.79. The van der Waals surface area contributed by atoms with Crippen molar-refractivity contribution >= 4 is 11.6 Å². The number of Topliss-reactive ketones (excluding diaryl/α,β-unsaturated/α-hetero) is 1. The maximum Gasteiger partial charge on any atom is 0.173 e. The van der Waals surface area contributed by atoms with Crippen LogP contribution in [0.1, 0.15) is 42.1 Å². The number of piperidine rings is 1. The zero-order valence-electron chi connectivity index (χ0n) is 11.1. The Bertz CT molecular complexity index is 430. The van der Waals surface area contributed by atoms with Gasteiger partial charge in [-0.05, 0) is 50.9 Å². The van der Waals surface area contributed by atoms with E-state index >= 15 is 0 Å². The topological polar surface area (TPSA) is 68.0 Å². The van der Waals surface area contributed by atoms with Crippen LogP contribution in [0.5, 0.6) is 0 Å². The van der Waals surface area contributed by atoms with Crippen LogP contribution in [0.3, 0.4) is 0 Å². The second kappa shape index (κ2) is 5.06. The number of nitrogens with one attached hydrogen (secondary N) is 1. The standard InChI is InChI=1S/C14H21N3O/c1-3-14(5-8-16-9-6-14)12(18)11-10(2)4-7-17-13(11)15/h4,7,16H,3,5-6,8-9H2,1-2H3,(H2,15,17). The highest BCUT2D eigenvalue weighted by molar-refractivity contribution is 6.05. The number of carbonyl (C=O) groups excluding carboxylic acids is 1. The predicted molar refractivity (Wildman–Crippen MR) is 72.5 cm³/mol. The van der Waals surface area contributed by atoms with Crippen molar-refractivity contribution in [2.45, 2.75) is 33.1 Å². The van der Waals surface area contributed by atoms with Crippen molar-refractivity contribution in [1.29, 1.82) is 0 Å². The normalized spacial score (nSPS) is 18.6. The van der Waals surface area contributed by atoms with E-state index in [1.807, 2.05) is 13.0 Å². The van der Waals surface area contributed by atoms with Crippen molar-refractivity contribution in [3.63, 3.8) is 0 Å². The van der Waals surface area contributed by atoms with E-state index in [4.69, 9.17) is 5.73 Å². The molecule has 0 bridgehead atoms. The summed E-state index contributed by atoms with van der Waals surface area (Å²) >= 11 is 0. The van der Waals surface area contributed by atoms with Crippen LogP contribution in [0.2, 0.25) is 0 Å². The fraction of sp³-hybridized carbons (Fsp3) is 0.571. The molecule has 0 aromatic carbocycles. The van der Waals surface area contributed by atoms with Crippen LogP contribution < -0.4 is 11.1 Å². The first-order chi connectivity index (χ1) is 8.60. The van der Waals surface area contributed by atoms with Crippen molar-refractivity contribution in [3.8, 4) is 0 Å². The molecule has 1 aliphatic heterocycles. The lowest BCUT2D eigenvalue weighted by Gasteiger charge is -2.35. The van der Waals surface area contributed by atoms with E-state index in [9.17, 15) is 4.79 Å². The summed E-state index contributed by atoms with van der Waals surface area (Å²) in [4.78, 5) is 16.9. The van der Waals surface area contributed by atoms with Crippen molar-refractivity contribution in [3.05, 3.63) is 23.4 Å². The third-order valence-electron chi connectivity index (χ3n) is 4.13. The van der Waals surface area contributed by atoms with Crippen molar-refractivity contribution in [1.82, 2.24) is 10.3 Å². The highest BCUT2D eigenvalue weighted by atomic mass is 16.1. The molecular weight excluding hydrogens is 226 g/mol. The predicted octanol–water partition coefficient (Wildman–Crippen LogP) is 1.93. The fourth-order valence-electron chi connectivity index (χ4n) is 2.79. The minimum Gasteiger partial charge on any atom is -0.383 e. The molecule has 4 nitrogen and oxygen atoms in total. The number of nitrogen functional groups attached to an aromatic ring is 1. The summed E-state index contributed by atoms with van der Waals surface area (Å²) in [6, 6.07) is 1.86. The largest absolute Gasteiger partial charge is 0.383 e. The maximum atomic E-state index is 12.8.